The van der Waals surface area contributed by atoms with Crippen LogP contribution in [0.5, 0.6) is 0 Å². The minimum atomic E-state index is 0.502. The maximum Gasteiger partial charge on any atom is 0.00584 e. The van der Waals surface area contributed by atoms with Gasteiger partial charge < -0.3 is 0 Å². The van der Waals surface area contributed by atoms with Crippen LogP contribution in [0.25, 0.3) is 0 Å². The Kier molecular flexibility index (Phi) is 2.86. The zero-order chi connectivity index (χ0) is 10.7. The Labute approximate surface area is 91.6 Å². The Balaban J connectivity index is 2.28. The summed E-state index contributed by atoms with van der Waals surface area (Å²) in [5.74, 6) is 0.502. The molecule has 76 valence electrons. The molecule has 1 aliphatic carbocycles. The summed E-state index contributed by atoms with van der Waals surface area (Å²) in [5.41, 5.74) is 3.89. The molecular weight excluding hydrogens is 180 g/mol. The van der Waals surface area contributed by atoms with Crippen LogP contribution in [-0.2, 0) is 0 Å². The molecule has 0 spiro atoms. The van der Waals surface area contributed by atoms with E-state index in [9.17, 15) is 0 Å². The van der Waals surface area contributed by atoms with Gasteiger partial charge in [0.15, 0.2) is 0 Å². The fourth-order valence-electron chi connectivity index (χ4n) is 2.01. The first-order valence-electron chi connectivity index (χ1n) is 5.35. The highest BCUT2D eigenvalue weighted by Crippen LogP contribution is 2.28. The summed E-state index contributed by atoms with van der Waals surface area (Å²) in [6, 6.07) is 10.6. The molecule has 0 heterocycles. The molecule has 2 rings (SSSR count). The molecule has 0 saturated carbocycles. The van der Waals surface area contributed by atoms with Crippen LogP contribution in [0.1, 0.15) is 24.8 Å². The largest absolute Gasteiger partial charge is 0.0918 e. The Bertz CT molecular complexity index is 407. The van der Waals surface area contributed by atoms with E-state index in [-0.39, 0.29) is 0 Å². The number of hydrogen-bond donors (Lipinski definition) is 0. The van der Waals surface area contributed by atoms with Gasteiger partial charge in [0, 0.05) is 5.92 Å². The van der Waals surface area contributed by atoms with E-state index in [2.05, 4.69) is 62.1 Å². The lowest BCUT2D eigenvalue weighted by Crippen LogP contribution is -1.94. The standard InChI is InChI=1S/C15H16/c1-12-8-9-15(11-13(2)10-12)14-6-4-3-5-7-14/h3-10,15H,1,11H2,2H3. The Morgan fingerprint density at radius 3 is 2.67 bits per heavy atom. The molecule has 0 aliphatic heterocycles. The van der Waals surface area contributed by atoms with Crippen LogP contribution in [0.2, 0.25) is 0 Å². The summed E-state index contributed by atoms with van der Waals surface area (Å²) in [6.45, 7) is 6.16. The highest BCUT2D eigenvalue weighted by atomic mass is 14.1. The van der Waals surface area contributed by atoms with Gasteiger partial charge in [-0.05, 0) is 24.5 Å². The van der Waals surface area contributed by atoms with Gasteiger partial charge in [0.2, 0.25) is 0 Å². The summed E-state index contributed by atoms with van der Waals surface area (Å²) in [7, 11) is 0. The molecule has 0 fully saturated rings. The number of allylic oxidation sites excluding steroid dienone is 5. The first-order chi connectivity index (χ1) is 7.25. The summed E-state index contributed by atoms with van der Waals surface area (Å²) >= 11 is 0. The van der Waals surface area contributed by atoms with Crippen molar-refractivity contribution in [1.82, 2.24) is 0 Å². The van der Waals surface area contributed by atoms with Crippen molar-refractivity contribution in [2.24, 2.45) is 0 Å². The van der Waals surface area contributed by atoms with Crippen LogP contribution in [0.4, 0.5) is 0 Å². The minimum Gasteiger partial charge on any atom is -0.0918 e. The van der Waals surface area contributed by atoms with Gasteiger partial charge in [-0.1, -0.05) is 60.7 Å². The van der Waals surface area contributed by atoms with Crippen molar-refractivity contribution in [3.8, 4) is 0 Å². The van der Waals surface area contributed by atoms with Gasteiger partial charge in [-0.25, -0.2) is 0 Å². The molecule has 1 aromatic carbocycles. The van der Waals surface area contributed by atoms with Gasteiger partial charge in [-0.15, -0.1) is 0 Å². The average Bonchev–Trinajstić information content (AvgIpc) is 2.41. The van der Waals surface area contributed by atoms with Crippen molar-refractivity contribution in [3.63, 3.8) is 0 Å². The molecule has 0 saturated heterocycles. The molecule has 0 amide bonds. The predicted octanol–water partition coefficient (Wildman–Crippen LogP) is 4.23. The summed E-state index contributed by atoms with van der Waals surface area (Å²) in [6.07, 6.45) is 7.64. The molecule has 0 aromatic heterocycles. The molecule has 0 radical (unpaired) electrons. The number of rotatable bonds is 1. The van der Waals surface area contributed by atoms with Crippen LogP contribution >= 0.6 is 0 Å². The lowest BCUT2D eigenvalue weighted by Gasteiger charge is -2.11. The summed E-state index contributed by atoms with van der Waals surface area (Å²) in [5, 5.41) is 0. The highest BCUT2D eigenvalue weighted by Gasteiger charge is 2.10. The fourth-order valence-corrected chi connectivity index (χ4v) is 2.01. The molecule has 0 N–H and O–H groups in total. The zero-order valence-electron chi connectivity index (χ0n) is 9.11. The topological polar surface area (TPSA) is 0 Å². The fraction of sp³-hybridized carbons (Fsp3) is 0.200. The molecule has 1 unspecified atom stereocenters. The number of hydrogen-bond acceptors (Lipinski definition) is 0. The number of benzene rings is 1. The maximum atomic E-state index is 3.99. The average molecular weight is 196 g/mol. The van der Waals surface area contributed by atoms with Crippen LogP contribution in [0.3, 0.4) is 0 Å². The van der Waals surface area contributed by atoms with E-state index >= 15 is 0 Å². The quantitative estimate of drug-likeness (QED) is 0.630. The van der Waals surface area contributed by atoms with Crippen molar-refractivity contribution < 1.29 is 0 Å². The lowest BCUT2D eigenvalue weighted by molar-refractivity contribution is 0.829. The second kappa shape index (κ2) is 4.31. The molecule has 0 nitrogen and oxygen atoms in total. The zero-order valence-corrected chi connectivity index (χ0v) is 9.11. The third-order valence-electron chi connectivity index (χ3n) is 2.74. The van der Waals surface area contributed by atoms with E-state index in [0.717, 1.165) is 12.0 Å². The van der Waals surface area contributed by atoms with E-state index in [1.807, 2.05) is 0 Å². The van der Waals surface area contributed by atoms with Crippen molar-refractivity contribution >= 4 is 0 Å². The molecule has 1 atom stereocenters. The lowest BCUT2D eigenvalue weighted by atomic mass is 9.93. The van der Waals surface area contributed by atoms with Crippen molar-refractivity contribution in [2.45, 2.75) is 19.3 Å². The molecule has 0 bridgehead atoms. The summed E-state index contributed by atoms with van der Waals surface area (Å²) in [4.78, 5) is 0. The van der Waals surface area contributed by atoms with Gasteiger partial charge in [0.05, 0.1) is 0 Å². The van der Waals surface area contributed by atoms with Crippen molar-refractivity contribution in [1.29, 1.82) is 0 Å². The first kappa shape index (κ1) is 9.97. The molecule has 15 heavy (non-hydrogen) atoms. The Hall–Kier alpha value is -1.56. The van der Waals surface area contributed by atoms with E-state index < -0.39 is 0 Å². The summed E-state index contributed by atoms with van der Waals surface area (Å²) < 4.78 is 0. The normalized spacial score (nSPS) is 21.0. The van der Waals surface area contributed by atoms with Crippen LogP contribution in [0, 0.1) is 0 Å². The molecular formula is C15H16. The van der Waals surface area contributed by atoms with Gasteiger partial charge in [-0.2, -0.15) is 0 Å². The predicted molar refractivity (Wildman–Crippen MR) is 65.8 cm³/mol. The van der Waals surface area contributed by atoms with E-state index in [4.69, 9.17) is 0 Å². The monoisotopic (exact) mass is 196 g/mol. The van der Waals surface area contributed by atoms with Gasteiger partial charge in [0.25, 0.3) is 0 Å². The molecule has 1 aliphatic rings. The van der Waals surface area contributed by atoms with Crippen LogP contribution in [-0.4, -0.2) is 0 Å². The smallest absolute Gasteiger partial charge is 0.00584 e. The van der Waals surface area contributed by atoms with E-state index in [0.29, 0.717) is 5.92 Å². The maximum absolute atomic E-state index is 3.99. The van der Waals surface area contributed by atoms with E-state index in [1.165, 1.54) is 11.1 Å². The Morgan fingerprint density at radius 2 is 1.93 bits per heavy atom. The third-order valence-corrected chi connectivity index (χ3v) is 2.74. The van der Waals surface area contributed by atoms with Crippen LogP contribution < -0.4 is 0 Å². The van der Waals surface area contributed by atoms with E-state index in [1.54, 1.807) is 0 Å². The third kappa shape index (κ3) is 2.47. The second-order valence-corrected chi connectivity index (χ2v) is 4.15. The first-order valence-corrected chi connectivity index (χ1v) is 5.35. The SMILES string of the molecule is C=C1C=CC(c2ccccc2)CC(C)=C1. The van der Waals surface area contributed by atoms with Crippen molar-refractivity contribution in [3.05, 3.63) is 71.8 Å². The van der Waals surface area contributed by atoms with Gasteiger partial charge in [-0.3, -0.25) is 0 Å². The Morgan fingerprint density at radius 1 is 1.20 bits per heavy atom. The minimum absolute atomic E-state index is 0.502. The van der Waals surface area contributed by atoms with Crippen LogP contribution in [0.15, 0.2) is 66.3 Å². The van der Waals surface area contributed by atoms with Gasteiger partial charge in [0.1, 0.15) is 0 Å². The second-order valence-electron chi connectivity index (χ2n) is 4.15. The molecule has 0 heteroatoms. The highest BCUT2D eigenvalue weighted by molar-refractivity contribution is 5.37. The van der Waals surface area contributed by atoms with Crippen molar-refractivity contribution in [2.75, 3.05) is 0 Å². The molecule has 1 aromatic rings. The van der Waals surface area contributed by atoms with Gasteiger partial charge >= 0.3 is 0 Å².